The van der Waals surface area contributed by atoms with Crippen LogP contribution in [0.5, 0.6) is 0 Å². The smallest absolute Gasteiger partial charge is 0.407 e. The molecule has 11 heteroatoms. The summed E-state index contributed by atoms with van der Waals surface area (Å²) >= 11 is 0. The van der Waals surface area contributed by atoms with Crippen LogP contribution >= 0.6 is 0 Å². The summed E-state index contributed by atoms with van der Waals surface area (Å²) in [4.78, 5) is 41.2. The summed E-state index contributed by atoms with van der Waals surface area (Å²) in [6.07, 6.45) is -1.59. The minimum atomic E-state index is -1.16. The van der Waals surface area contributed by atoms with Crippen molar-refractivity contribution in [2.24, 2.45) is 5.16 Å². The normalized spacial score (nSPS) is 17.9. The van der Waals surface area contributed by atoms with E-state index in [0.29, 0.717) is 17.5 Å². The molecule has 1 aromatic rings. The van der Waals surface area contributed by atoms with E-state index in [2.05, 4.69) is 20.5 Å². The minimum absolute atomic E-state index is 0.209. The van der Waals surface area contributed by atoms with E-state index in [9.17, 15) is 19.5 Å². The molecule has 1 aromatic carbocycles. The molecule has 0 aliphatic carbocycles. The minimum Gasteiger partial charge on any atom is -0.467 e. The van der Waals surface area contributed by atoms with E-state index in [1.54, 1.807) is 24.3 Å². The molecule has 172 valence electrons. The number of nitrogens with zero attached hydrogens (tertiary/aromatic N) is 2. The van der Waals surface area contributed by atoms with Gasteiger partial charge in [-0.1, -0.05) is 30.6 Å². The number of hydrogen-bond acceptors (Lipinski definition) is 9. The molecule has 3 atom stereocenters. The molecule has 1 heterocycles. The highest BCUT2D eigenvalue weighted by molar-refractivity contribution is 6.04. The van der Waals surface area contributed by atoms with Crippen LogP contribution in [0.15, 0.2) is 29.4 Å². The molecule has 0 unspecified atom stereocenters. The number of aliphatic hydroxyl groups excluding tert-OH is 1. The van der Waals surface area contributed by atoms with Gasteiger partial charge in [0, 0.05) is 12.1 Å². The lowest BCUT2D eigenvalue weighted by atomic mass is 9.99. The van der Waals surface area contributed by atoms with Crippen LogP contribution in [0.3, 0.4) is 0 Å². The summed E-state index contributed by atoms with van der Waals surface area (Å²) in [5.74, 6) is -1.28. The van der Waals surface area contributed by atoms with Crippen molar-refractivity contribution in [1.29, 1.82) is 5.26 Å². The fourth-order valence-electron chi connectivity index (χ4n) is 2.80. The Labute approximate surface area is 185 Å². The van der Waals surface area contributed by atoms with Gasteiger partial charge in [0.15, 0.2) is 6.10 Å². The Morgan fingerprint density at radius 1 is 1.31 bits per heavy atom. The van der Waals surface area contributed by atoms with Crippen molar-refractivity contribution >= 4 is 23.7 Å². The molecule has 0 fully saturated rings. The zero-order valence-electron chi connectivity index (χ0n) is 17.9. The number of methoxy groups -OCH3 is 1. The number of nitrogens with one attached hydrogen (secondary N) is 2. The Balaban J connectivity index is 1.85. The molecule has 0 saturated carbocycles. The Morgan fingerprint density at radius 2 is 2.03 bits per heavy atom. The van der Waals surface area contributed by atoms with Gasteiger partial charge in [-0.15, -0.1) is 0 Å². The molecule has 1 aliphatic heterocycles. The first-order valence-electron chi connectivity index (χ1n) is 10.1. The number of aliphatic hydroxyl groups is 1. The van der Waals surface area contributed by atoms with E-state index in [4.69, 9.17) is 14.8 Å². The highest BCUT2D eigenvalue weighted by atomic mass is 16.7. The van der Waals surface area contributed by atoms with Crippen molar-refractivity contribution in [2.75, 3.05) is 20.3 Å². The predicted octanol–water partition coefficient (Wildman–Crippen LogP) is 0.596. The molecule has 0 aromatic heterocycles. The van der Waals surface area contributed by atoms with Gasteiger partial charge in [0.2, 0.25) is 5.91 Å². The topological polar surface area (TPSA) is 159 Å². The molecule has 2 rings (SSSR count). The number of amides is 2. The van der Waals surface area contributed by atoms with Crippen LogP contribution in [-0.4, -0.2) is 67.3 Å². The molecule has 0 spiro atoms. The Hall–Kier alpha value is -3.65. The van der Waals surface area contributed by atoms with Crippen LogP contribution in [0.25, 0.3) is 0 Å². The summed E-state index contributed by atoms with van der Waals surface area (Å²) in [5.41, 5.74) is 1.27. The number of hydrogen-bond donors (Lipinski definition) is 3. The maximum absolute atomic E-state index is 12.3. The summed E-state index contributed by atoms with van der Waals surface area (Å²) in [6.45, 7) is 1.92. The monoisotopic (exact) mass is 446 g/mol. The third-order valence-corrected chi connectivity index (χ3v) is 4.63. The fraction of sp³-hybridized carbons (Fsp3) is 0.476. The lowest BCUT2D eigenvalue weighted by molar-refractivity contribution is -0.143. The second kappa shape index (κ2) is 12.3. The van der Waals surface area contributed by atoms with Crippen LogP contribution in [0, 0.1) is 11.3 Å². The predicted molar refractivity (Wildman–Crippen MR) is 111 cm³/mol. The summed E-state index contributed by atoms with van der Waals surface area (Å²) < 4.78 is 9.59. The third-order valence-electron chi connectivity index (χ3n) is 4.63. The van der Waals surface area contributed by atoms with Crippen molar-refractivity contribution in [3.05, 3.63) is 35.4 Å². The Morgan fingerprint density at radius 3 is 2.66 bits per heavy atom. The first-order chi connectivity index (χ1) is 15.4. The van der Waals surface area contributed by atoms with Crippen molar-refractivity contribution < 1.29 is 33.8 Å². The van der Waals surface area contributed by atoms with Crippen molar-refractivity contribution in [1.82, 2.24) is 10.6 Å². The van der Waals surface area contributed by atoms with Crippen LogP contribution in [0.4, 0.5) is 4.79 Å². The first-order valence-corrected chi connectivity index (χ1v) is 10.1. The van der Waals surface area contributed by atoms with Gasteiger partial charge in [-0.3, -0.25) is 4.79 Å². The number of oxime groups is 1. The molecule has 0 saturated heterocycles. The zero-order chi connectivity index (χ0) is 23.5. The van der Waals surface area contributed by atoms with Crippen LogP contribution < -0.4 is 10.6 Å². The number of carbonyl (C=O) groups excluding carboxylic acids is 3. The largest absolute Gasteiger partial charge is 0.467 e. The summed E-state index contributed by atoms with van der Waals surface area (Å²) in [6, 6.07) is 7.27. The highest BCUT2D eigenvalue weighted by Crippen LogP contribution is 2.20. The van der Waals surface area contributed by atoms with E-state index in [0.717, 1.165) is 13.5 Å². The second-order valence-electron chi connectivity index (χ2n) is 6.97. The maximum Gasteiger partial charge on any atom is 0.407 e. The number of esters is 1. The molecule has 0 radical (unpaired) electrons. The molecule has 2 amide bonds. The summed E-state index contributed by atoms with van der Waals surface area (Å²) in [7, 11) is 1.16. The maximum atomic E-state index is 12.3. The molecule has 0 bridgehead atoms. The van der Waals surface area contributed by atoms with Gasteiger partial charge in [-0.25, -0.2) is 9.59 Å². The lowest BCUT2D eigenvalue weighted by Gasteiger charge is -2.18. The van der Waals surface area contributed by atoms with E-state index >= 15 is 0 Å². The zero-order valence-corrected chi connectivity index (χ0v) is 17.9. The number of nitriles is 1. The van der Waals surface area contributed by atoms with Crippen LogP contribution in [-0.2, 0) is 23.9 Å². The number of unbranched alkanes of at least 4 members (excludes halogenated alkanes) is 1. The van der Waals surface area contributed by atoms with E-state index in [-0.39, 0.29) is 25.3 Å². The van der Waals surface area contributed by atoms with Gasteiger partial charge in [0.1, 0.15) is 17.9 Å². The molecule has 32 heavy (non-hydrogen) atoms. The molecular formula is C21H26N4O7. The third kappa shape index (κ3) is 6.95. The quantitative estimate of drug-likeness (QED) is 0.348. The van der Waals surface area contributed by atoms with Gasteiger partial charge in [-0.05, 0) is 18.6 Å². The van der Waals surface area contributed by atoms with Crippen molar-refractivity contribution in [3.8, 4) is 6.07 Å². The van der Waals surface area contributed by atoms with Crippen molar-refractivity contribution in [2.45, 2.75) is 44.4 Å². The van der Waals surface area contributed by atoms with E-state index < -0.39 is 36.2 Å². The van der Waals surface area contributed by atoms with Crippen LogP contribution in [0.1, 0.15) is 37.3 Å². The number of carbonyl (C=O) groups is 3. The van der Waals surface area contributed by atoms with Gasteiger partial charge in [0.25, 0.3) is 0 Å². The number of benzene rings is 1. The lowest BCUT2D eigenvalue weighted by Crippen LogP contribution is -2.49. The molecule has 11 nitrogen and oxygen atoms in total. The SMILES string of the molecule is CCCCOC(=O)N[C@@H](CNC(=O)C[C@H]1ON=C(c2ccc(C#N)cc2)[C@H]1O)C(=O)OC. The average molecular weight is 446 g/mol. The number of ether oxygens (including phenoxy) is 2. The van der Waals surface area contributed by atoms with Gasteiger partial charge >= 0.3 is 12.1 Å². The summed E-state index contributed by atoms with van der Waals surface area (Å²) in [5, 5.41) is 28.0. The molecule has 1 aliphatic rings. The van der Waals surface area contributed by atoms with Gasteiger partial charge in [-0.2, -0.15) is 5.26 Å². The highest BCUT2D eigenvalue weighted by Gasteiger charge is 2.35. The fourth-order valence-corrected chi connectivity index (χ4v) is 2.80. The Bertz CT molecular complexity index is 879. The second-order valence-corrected chi connectivity index (χ2v) is 6.97. The average Bonchev–Trinajstić information content (AvgIpc) is 3.16. The van der Waals surface area contributed by atoms with E-state index in [1.165, 1.54) is 0 Å². The van der Waals surface area contributed by atoms with E-state index in [1.807, 2.05) is 13.0 Å². The van der Waals surface area contributed by atoms with Gasteiger partial charge in [0.05, 0.1) is 31.8 Å². The molecule has 3 N–H and O–H groups in total. The number of alkyl carbamates (subject to hydrolysis) is 1. The number of rotatable bonds is 10. The first kappa shape index (κ1) is 24.6. The standard InChI is InChI=1S/C21H26N4O7/c1-3-4-9-31-21(29)24-15(20(28)30-2)12-23-17(26)10-16-19(27)18(25-32-16)14-7-5-13(11-22)6-8-14/h5-8,15-16,19,27H,3-4,9-10,12H2,1-2H3,(H,23,26)(H,24,29)/t15-,16+,19-/m0/s1. The molecular weight excluding hydrogens is 420 g/mol. The van der Waals surface area contributed by atoms with Gasteiger partial charge < -0.3 is 30.1 Å². The van der Waals surface area contributed by atoms with Crippen LogP contribution in [0.2, 0.25) is 0 Å². The Kier molecular flexibility index (Phi) is 9.43. The van der Waals surface area contributed by atoms with Crippen molar-refractivity contribution in [3.63, 3.8) is 0 Å².